The number of aliphatic hydroxyl groups is 1. The van der Waals surface area contributed by atoms with Crippen LogP contribution in [0.25, 0.3) is 0 Å². The molecule has 0 aromatic heterocycles. The van der Waals surface area contributed by atoms with E-state index in [1.807, 2.05) is 0 Å². The number of unbranched alkanes of at least 4 members (excludes halogenated alkanes) is 21. The largest absolute Gasteiger partial charge is 0.472 e. The minimum absolute atomic E-state index is 0.143. The number of esters is 3. The second kappa shape index (κ2) is 59.3. The lowest BCUT2D eigenvalue weighted by molar-refractivity contribution is -0.161. The van der Waals surface area contributed by atoms with Crippen LogP contribution in [0.5, 0.6) is 0 Å². The Labute approximate surface area is 475 Å². The van der Waals surface area contributed by atoms with Gasteiger partial charge in [-0.1, -0.05) is 220 Å². The smallest absolute Gasteiger partial charge is 0.462 e. The molecule has 3 atom stereocenters. The average Bonchev–Trinajstić information content (AvgIpc) is 3.43. The average molecular weight is 1110 g/mol. The number of allylic oxidation sites excluding steroid dienone is 18. The first-order valence-corrected chi connectivity index (χ1v) is 32.3. The van der Waals surface area contributed by atoms with Crippen LogP contribution in [0.1, 0.15) is 252 Å². The van der Waals surface area contributed by atoms with Gasteiger partial charge in [0.15, 0.2) is 6.10 Å². The number of ether oxygens (including phenoxy) is 3. The van der Waals surface area contributed by atoms with Crippen LogP contribution in [-0.2, 0) is 42.2 Å². The van der Waals surface area contributed by atoms with Crippen molar-refractivity contribution in [2.75, 3.05) is 26.4 Å². The van der Waals surface area contributed by atoms with Gasteiger partial charge in [0.25, 0.3) is 0 Å². The van der Waals surface area contributed by atoms with E-state index in [2.05, 4.69) is 130 Å². The van der Waals surface area contributed by atoms with Crippen molar-refractivity contribution >= 4 is 25.7 Å². The number of phosphoric acid groups is 1. The summed E-state index contributed by atoms with van der Waals surface area (Å²) in [5.41, 5.74) is 0. The van der Waals surface area contributed by atoms with Crippen LogP contribution in [0.2, 0.25) is 0 Å². The van der Waals surface area contributed by atoms with Gasteiger partial charge in [0.1, 0.15) is 12.7 Å². The first-order chi connectivity index (χ1) is 38.2. The molecule has 12 heteroatoms. The number of hydrogen-bond donors (Lipinski definition) is 2. The molecule has 446 valence electrons. The molecule has 2 N–H and O–H groups in total. The molecule has 0 radical (unpaired) electrons. The molecule has 0 aromatic carbocycles. The highest BCUT2D eigenvalue weighted by atomic mass is 31.2. The molecule has 0 rings (SSSR count). The fourth-order valence-electron chi connectivity index (χ4n) is 8.04. The molecule has 0 aliphatic heterocycles. The van der Waals surface area contributed by atoms with Crippen LogP contribution >= 0.6 is 7.82 Å². The summed E-state index contributed by atoms with van der Waals surface area (Å²) < 4.78 is 39.6. The van der Waals surface area contributed by atoms with E-state index in [0.717, 1.165) is 154 Å². The number of aliphatic hydroxyl groups excluding tert-OH is 1. The van der Waals surface area contributed by atoms with Gasteiger partial charge in [0.2, 0.25) is 0 Å². The van der Waals surface area contributed by atoms with Gasteiger partial charge in [-0.3, -0.25) is 23.4 Å². The van der Waals surface area contributed by atoms with Crippen molar-refractivity contribution in [3.63, 3.8) is 0 Å². The molecule has 0 saturated heterocycles. The molecule has 11 nitrogen and oxygen atoms in total. The fraction of sp³-hybridized carbons (Fsp3) is 0.682. The maximum absolute atomic E-state index is 12.9. The molecule has 0 aromatic rings. The van der Waals surface area contributed by atoms with Gasteiger partial charge in [0.05, 0.1) is 19.8 Å². The van der Waals surface area contributed by atoms with Gasteiger partial charge in [-0.2, -0.15) is 0 Å². The van der Waals surface area contributed by atoms with Crippen molar-refractivity contribution in [3.05, 3.63) is 109 Å². The maximum atomic E-state index is 12.9. The minimum atomic E-state index is -4.77. The summed E-state index contributed by atoms with van der Waals surface area (Å²) in [6.07, 6.45) is 71.8. The van der Waals surface area contributed by atoms with E-state index >= 15 is 0 Å². The summed E-state index contributed by atoms with van der Waals surface area (Å²) in [5, 5.41) is 9.84. The Morgan fingerprint density at radius 2 is 0.667 bits per heavy atom. The van der Waals surface area contributed by atoms with Crippen LogP contribution in [0, 0.1) is 0 Å². The van der Waals surface area contributed by atoms with Crippen LogP contribution in [0.3, 0.4) is 0 Å². The molecule has 78 heavy (non-hydrogen) atoms. The van der Waals surface area contributed by atoms with E-state index in [0.29, 0.717) is 19.3 Å². The zero-order chi connectivity index (χ0) is 56.9. The second-order valence-corrected chi connectivity index (χ2v) is 21.6. The van der Waals surface area contributed by atoms with E-state index in [4.69, 9.17) is 23.3 Å². The Morgan fingerprint density at radius 1 is 0.372 bits per heavy atom. The van der Waals surface area contributed by atoms with Crippen LogP contribution in [-0.4, -0.2) is 66.5 Å². The Bertz CT molecular complexity index is 1720. The molecule has 0 spiro atoms. The number of carbonyl (C=O) groups excluding carboxylic acids is 3. The first kappa shape index (κ1) is 74.1. The predicted octanol–water partition coefficient (Wildman–Crippen LogP) is 18.6. The second-order valence-electron chi connectivity index (χ2n) is 20.1. The Balaban J connectivity index is 4.78. The molecule has 0 aliphatic rings. The highest BCUT2D eigenvalue weighted by Gasteiger charge is 2.28. The molecule has 0 amide bonds. The fourth-order valence-corrected chi connectivity index (χ4v) is 8.82. The van der Waals surface area contributed by atoms with Gasteiger partial charge in [-0.05, 0) is 122 Å². The van der Waals surface area contributed by atoms with Crippen molar-refractivity contribution < 1.29 is 52.2 Å². The summed E-state index contributed by atoms with van der Waals surface area (Å²) in [5.74, 6) is -1.52. The summed E-state index contributed by atoms with van der Waals surface area (Å²) in [7, 11) is -4.77. The third kappa shape index (κ3) is 56.8. The zero-order valence-corrected chi connectivity index (χ0v) is 50.2. The molecule has 0 bridgehead atoms. The van der Waals surface area contributed by atoms with E-state index in [9.17, 15) is 28.9 Å². The summed E-state index contributed by atoms with van der Waals surface area (Å²) >= 11 is 0. The van der Waals surface area contributed by atoms with Crippen molar-refractivity contribution in [2.24, 2.45) is 0 Å². The molecular formula is C66H111O11P. The lowest BCUT2D eigenvalue weighted by Gasteiger charge is -2.21. The molecule has 3 unspecified atom stereocenters. The standard InChI is InChI=1S/C66H111O11P/c1-4-7-10-13-16-19-22-25-28-30-31-33-36-39-42-45-48-51-54-57-66(70)77-63(59-73-64(68)55-52-49-46-43-40-37-34-27-24-21-18-15-12-9-6-3)61-75-78(71,72)74-60-62(58-67)76-65(69)56-53-50-47-44-41-38-35-32-29-26-23-20-17-14-11-8-5-2/h7-8,10-11,16-17,19-20,25-29,31,33-35,38,62-63,67H,4-6,9,12-15,18,21-24,30,32,36-37,39-61H2,1-3H3,(H,71,72)/b10-7-,11-8-,19-16-,20-17-,28-25-,29-26-,33-31-,34-27-,38-35-. The number of rotatable bonds is 56. The molecular weight excluding hydrogens is 1000 g/mol. The number of hydrogen-bond acceptors (Lipinski definition) is 10. The Kier molecular flexibility index (Phi) is 56.3. The van der Waals surface area contributed by atoms with Crippen molar-refractivity contribution in [2.45, 2.75) is 264 Å². The monoisotopic (exact) mass is 1110 g/mol. The Hall–Kier alpha value is -3.86. The summed E-state index contributed by atoms with van der Waals surface area (Å²) in [6, 6.07) is 0. The molecule has 0 saturated carbocycles. The Morgan fingerprint density at radius 3 is 1.04 bits per heavy atom. The normalized spacial score (nSPS) is 14.1. The van der Waals surface area contributed by atoms with E-state index in [1.165, 1.54) is 38.5 Å². The van der Waals surface area contributed by atoms with E-state index in [1.54, 1.807) is 0 Å². The zero-order valence-electron chi connectivity index (χ0n) is 49.3. The lowest BCUT2D eigenvalue weighted by atomic mass is 10.1. The summed E-state index contributed by atoms with van der Waals surface area (Å²) in [4.78, 5) is 48.7. The molecule has 0 aliphatic carbocycles. The van der Waals surface area contributed by atoms with Gasteiger partial charge in [-0.15, -0.1) is 0 Å². The van der Waals surface area contributed by atoms with Crippen molar-refractivity contribution in [1.82, 2.24) is 0 Å². The van der Waals surface area contributed by atoms with E-state index in [-0.39, 0.29) is 25.9 Å². The number of phosphoric ester groups is 1. The van der Waals surface area contributed by atoms with Crippen LogP contribution < -0.4 is 0 Å². The highest BCUT2D eigenvalue weighted by molar-refractivity contribution is 7.47. The van der Waals surface area contributed by atoms with Gasteiger partial charge in [0, 0.05) is 19.3 Å². The van der Waals surface area contributed by atoms with Gasteiger partial charge < -0.3 is 24.2 Å². The third-order valence-corrected chi connectivity index (χ3v) is 13.6. The first-order valence-electron chi connectivity index (χ1n) is 30.8. The quantitative estimate of drug-likeness (QED) is 0.0197. The van der Waals surface area contributed by atoms with Gasteiger partial charge >= 0.3 is 25.7 Å². The van der Waals surface area contributed by atoms with Crippen LogP contribution in [0.15, 0.2) is 109 Å². The third-order valence-electron chi connectivity index (χ3n) is 12.7. The maximum Gasteiger partial charge on any atom is 0.472 e. The van der Waals surface area contributed by atoms with E-state index < -0.39 is 57.8 Å². The SMILES string of the molecule is CC/C=C\C/C=C\C/C=C\C/C=C\CCCCCCCCC(=O)OC(COC(=O)CCCCCCC/C=C\CCCCCCCC)COP(=O)(O)OCC(CO)OC(=O)CCCCCC/C=C\C/C=C\C/C=C\C/C=C\CC. The van der Waals surface area contributed by atoms with Crippen LogP contribution in [0.4, 0.5) is 0 Å². The molecule has 0 fully saturated rings. The topological polar surface area (TPSA) is 155 Å². The minimum Gasteiger partial charge on any atom is -0.462 e. The lowest BCUT2D eigenvalue weighted by Crippen LogP contribution is -2.30. The predicted molar refractivity (Wildman–Crippen MR) is 325 cm³/mol. The number of carbonyl (C=O) groups is 3. The van der Waals surface area contributed by atoms with Crippen molar-refractivity contribution in [1.29, 1.82) is 0 Å². The molecule has 0 heterocycles. The highest BCUT2D eigenvalue weighted by Crippen LogP contribution is 2.43. The summed E-state index contributed by atoms with van der Waals surface area (Å²) in [6.45, 7) is 4.37. The van der Waals surface area contributed by atoms with Gasteiger partial charge in [-0.25, -0.2) is 4.57 Å². The van der Waals surface area contributed by atoms with Crippen molar-refractivity contribution in [3.8, 4) is 0 Å².